The van der Waals surface area contributed by atoms with E-state index in [9.17, 15) is 18.0 Å². The second-order valence-electron chi connectivity index (χ2n) is 9.83. The van der Waals surface area contributed by atoms with E-state index in [1.807, 2.05) is 4.90 Å². The normalized spacial score (nSPS) is 21.9. The van der Waals surface area contributed by atoms with Crippen LogP contribution in [0.2, 0.25) is 4.34 Å². The van der Waals surface area contributed by atoms with Crippen molar-refractivity contribution in [3.05, 3.63) is 26.8 Å². The molecule has 3 heterocycles. The summed E-state index contributed by atoms with van der Waals surface area (Å²) in [6.45, 7) is 10.6. The van der Waals surface area contributed by atoms with Crippen molar-refractivity contribution in [1.82, 2.24) is 19.4 Å². The van der Waals surface area contributed by atoms with Gasteiger partial charge in [-0.1, -0.05) is 11.6 Å². The molecule has 3 rings (SSSR count). The number of rotatable bonds is 10. The van der Waals surface area contributed by atoms with Crippen molar-refractivity contribution in [2.75, 3.05) is 26.2 Å². The summed E-state index contributed by atoms with van der Waals surface area (Å²) in [6, 6.07) is 3.46. The number of thiophene rings is 1. The van der Waals surface area contributed by atoms with E-state index >= 15 is 0 Å². The van der Waals surface area contributed by atoms with Gasteiger partial charge in [0.05, 0.1) is 10.9 Å². The number of hydrogen-bond acceptors (Lipinski definition) is 6. The van der Waals surface area contributed by atoms with Gasteiger partial charge in [0, 0.05) is 48.0 Å². The molecule has 2 aliphatic rings. The predicted molar refractivity (Wildman–Crippen MR) is 142 cm³/mol. The minimum Gasteiger partial charge on any atom is -0.337 e. The van der Waals surface area contributed by atoms with Crippen LogP contribution in [0.1, 0.15) is 58.3 Å². The Morgan fingerprint density at radius 1 is 1.20 bits per heavy atom. The molecule has 0 spiro atoms. The molecular weight excluding hydrogens is 508 g/mol. The van der Waals surface area contributed by atoms with Crippen LogP contribution in [0, 0.1) is 0 Å². The minimum absolute atomic E-state index is 0.0134. The molecule has 8 nitrogen and oxygen atoms in total. The molecule has 2 saturated heterocycles. The summed E-state index contributed by atoms with van der Waals surface area (Å²) in [5.41, 5.74) is 0. The van der Waals surface area contributed by atoms with Crippen LogP contribution in [0.25, 0.3) is 6.08 Å². The minimum atomic E-state index is -3.82. The van der Waals surface area contributed by atoms with Crippen LogP contribution in [0.4, 0.5) is 0 Å². The van der Waals surface area contributed by atoms with Gasteiger partial charge in [0.2, 0.25) is 21.8 Å². The number of halogens is 1. The molecule has 2 atom stereocenters. The van der Waals surface area contributed by atoms with E-state index in [1.54, 1.807) is 12.1 Å². The van der Waals surface area contributed by atoms with Gasteiger partial charge in [-0.15, -0.1) is 11.3 Å². The van der Waals surface area contributed by atoms with E-state index in [-0.39, 0.29) is 24.4 Å². The Hall–Kier alpha value is -1.46. The van der Waals surface area contributed by atoms with Crippen molar-refractivity contribution < 1.29 is 18.0 Å². The lowest BCUT2D eigenvalue weighted by atomic mass is 10.1. The number of carbonyl (C=O) groups is 2. The van der Waals surface area contributed by atoms with Gasteiger partial charge in [-0.25, -0.2) is 8.42 Å². The maximum absolute atomic E-state index is 13.2. The van der Waals surface area contributed by atoms with Crippen LogP contribution in [0.3, 0.4) is 0 Å². The van der Waals surface area contributed by atoms with Gasteiger partial charge in [-0.3, -0.25) is 14.5 Å². The van der Waals surface area contributed by atoms with Gasteiger partial charge in [-0.05, 0) is 71.6 Å². The first kappa shape index (κ1) is 28.1. The number of sulfonamides is 1. The van der Waals surface area contributed by atoms with E-state index in [0.29, 0.717) is 47.2 Å². The highest BCUT2D eigenvalue weighted by molar-refractivity contribution is 7.92. The first-order chi connectivity index (χ1) is 16.5. The average Bonchev–Trinajstić information content (AvgIpc) is 3.41. The Kier molecular flexibility index (Phi) is 9.79. The Balaban J connectivity index is 1.59. The fraction of sp³-hybridized carbons (Fsp3) is 0.667. The number of piperidine rings is 1. The molecule has 2 unspecified atom stereocenters. The van der Waals surface area contributed by atoms with Crippen molar-refractivity contribution in [3.8, 4) is 0 Å². The summed E-state index contributed by atoms with van der Waals surface area (Å²) in [7, 11) is -3.82. The Labute approximate surface area is 218 Å². The summed E-state index contributed by atoms with van der Waals surface area (Å²) in [6.07, 6.45) is 4.41. The zero-order valence-corrected chi connectivity index (χ0v) is 23.3. The summed E-state index contributed by atoms with van der Waals surface area (Å²) >= 11 is 7.15. The quantitative estimate of drug-likeness (QED) is 0.487. The van der Waals surface area contributed by atoms with Crippen LogP contribution in [0.5, 0.6) is 0 Å². The van der Waals surface area contributed by atoms with Crippen LogP contribution < -0.4 is 4.72 Å². The molecule has 11 heteroatoms. The zero-order valence-electron chi connectivity index (χ0n) is 20.9. The maximum Gasteiger partial charge on any atom is 0.242 e. The first-order valence-corrected chi connectivity index (χ1v) is 15.0. The first-order valence-electron chi connectivity index (χ1n) is 12.3. The lowest BCUT2D eigenvalue weighted by molar-refractivity contribution is -0.143. The smallest absolute Gasteiger partial charge is 0.242 e. The number of hydrogen-bond donors (Lipinski definition) is 1. The largest absolute Gasteiger partial charge is 0.337 e. The van der Waals surface area contributed by atoms with Gasteiger partial charge in [0.25, 0.3) is 0 Å². The third kappa shape index (κ3) is 7.76. The monoisotopic (exact) mass is 544 g/mol. The number of carbonyl (C=O) groups excluding carboxylic acids is 2. The standard InChI is InChI=1S/C24H37ClN4O4S2/c1-17(2)29(18(3)4)15-19-7-5-13-28(19)23(30)16-27-12-6-8-21(24(27)31)26-35(32,33)14-11-20-9-10-22(25)34-20/h9-11,14,17-19,21,26H,5-8,12-13,15-16H2,1-4H3/b14-11+. The summed E-state index contributed by atoms with van der Waals surface area (Å²) in [5, 5.41) is 1.05. The van der Waals surface area contributed by atoms with Gasteiger partial charge in [0.15, 0.2) is 0 Å². The fourth-order valence-corrected chi connectivity index (χ4v) is 6.96. The van der Waals surface area contributed by atoms with E-state index in [2.05, 4.69) is 37.3 Å². The number of likely N-dealkylation sites (tertiary alicyclic amines) is 2. The van der Waals surface area contributed by atoms with Crippen molar-refractivity contribution in [3.63, 3.8) is 0 Å². The molecule has 2 fully saturated rings. The molecule has 2 amide bonds. The molecule has 0 saturated carbocycles. The lowest BCUT2D eigenvalue weighted by Crippen LogP contribution is -2.55. The van der Waals surface area contributed by atoms with Crippen LogP contribution >= 0.6 is 22.9 Å². The Morgan fingerprint density at radius 3 is 2.51 bits per heavy atom. The fourth-order valence-electron chi connectivity index (χ4n) is 4.89. The van der Waals surface area contributed by atoms with E-state index < -0.39 is 16.1 Å². The van der Waals surface area contributed by atoms with E-state index in [1.165, 1.54) is 22.3 Å². The van der Waals surface area contributed by atoms with E-state index in [4.69, 9.17) is 11.6 Å². The number of amides is 2. The molecule has 35 heavy (non-hydrogen) atoms. The second-order valence-corrected chi connectivity index (χ2v) is 13.2. The summed E-state index contributed by atoms with van der Waals surface area (Å²) in [5.74, 6) is -0.409. The highest BCUT2D eigenvalue weighted by atomic mass is 35.5. The van der Waals surface area contributed by atoms with Crippen molar-refractivity contribution in [2.45, 2.75) is 77.5 Å². The maximum atomic E-state index is 13.2. The third-order valence-electron chi connectivity index (χ3n) is 6.61. The van der Waals surface area contributed by atoms with Gasteiger partial charge < -0.3 is 9.80 Å². The molecule has 196 valence electrons. The van der Waals surface area contributed by atoms with Gasteiger partial charge in [0.1, 0.15) is 6.04 Å². The van der Waals surface area contributed by atoms with Crippen LogP contribution in [-0.4, -0.2) is 85.3 Å². The SMILES string of the molecule is CC(C)N(CC1CCCN1C(=O)CN1CCCC(NS(=O)(=O)/C=C/c2ccc(Cl)s2)C1=O)C(C)C. The van der Waals surface area contributed by atoms with Gasteiger partial charge >= 0.3 is 0 Å². The van der Waals surface area contributed by atoms with Gasteiger partial charge in [-0.2, -0.15) is 4.72 Å². The Bertz CT molecular complexity index is 1020. The van der Waals surface area contributed by atoms with Crippen molar-refractivity contribution in [1.29, 1.82) is 0 Å². The molecular formula is C24H37ClN4O4S2. The van der Waals surface area contributed by atoms with E-state index in [0.717, 1.165) is 24.8 Å². The third-order valence-corrected chi connectivity index (χ3v) is 8.92. The zero-order chi connectivity index (χ0) is 25.8. The van der Waals surface area contributed by atoms with Crippen molar-refractivity contribution in [2.24, 2.45) is 0 Å². The number of nitrogens with zero attached hydrogens (tertiary/aromatic N) is 3. The van der Waals surface area contributed by atoms with Crippen molar-refractivity contribution >= 4 is 50.9 Å². The average molecular weight is 545 g/mol. The summed E-state index contributed by atoms with van der Waals surface area (Å²) in [4.78, 5) is 32.8. The molecule has 2 aliphatic heterocycles. The molecule has 1 aromatic heterocycles. The molecule has 0 bridgehead atoms. The molecule has 1 N–H and O–H groups in total. The van der Waals surface area contributed by atoms with Crippen LogP contribution in [0.15, 0.2) is 17.5 Å². The number of nitrogens with one attached hydrogen (secondary N) is 1. The van der Waals surface area contributed by atoms with Crippen LogP contribution in [-0.2, 0) is 19.6 Å². The molecule has 0 radical (unpaired) electrons. The predicted octanol–water partition coefficient (Wildman–Crippen LogP) is 3.39. The molecule has 0 aromatic carbocycles. The summed E-state index contributed by atoms with van der Waals surface area (Å²) < 4.78 is 28.1. The second kappa shape index (κ2) is 12.2. The Morgan fingerprint density at radius 2 is 1.89 bits per heavy atom. The highest BCUT2D eigenvalue weighted by Gasteiger charge is 2.36. The topological polar surface area (TPSA) is 90.0 Å². The highest BCUT2D eigenvalue weighted by Crippen LogP contribution is 2.24. The molecule has 0 aliphatic carbocycles. The lowest BCUT2D eigenvalue weighted by Gasteiger charge is -2.37. The molecule has 1 aromatic rings.